The highest BCUT2D eigenvalue weighted by Gasteiger charge is 2.29. The summed E-state index contributed by atoms with van der Waals surface area (Å²) in [5.41, 5.74) is 7.87. The zero-order valence-corrected chi connectivity index (χ0v) is 13.6. The number of fused-ring (bicyclic) bond motifs is 1. The molecule has 3 N–H and O–H groups in total. The number of ether oxygens (including phenoxy) is 2. The summed E-state index contributed by atoms with van der Waals surface area (Å²) in [6.07, 6.45) is 1.85. The van der Waals surface area contributed by atoms with Gasteiger partial charge in [0, 0.05) is 37.1 Å². The van der Waals surface area contributed by atoms with E-state index in [9.17, 15) is 0 Å². The van der Waals surface area contributed by atoms with E-state index in [0.717, 1.165) is 36.1 Å². The third kappa shape index (κ3) is 3.32. The molecule has 7 heteroatoms. The number of hydrogen-bond donors (Lipinski definition) is 3. The Morgan fingerprint density at radius 2 is 2.17 bits per heavy atom. The monoisotopic (exact) mass is 332 g/mol. The number of hydrogen-bond acceptors (Lipinski definition) is 7. The molecule has 0 amide bonds. The summed E-state index contributed by atoms with van der Waals surface area (Å²) >= 11 is 1.68. The minimum atomic E-state index is 0.259. The molecule has 1 fully saturated rings. The maximum Gasteiger partial charge on any atom is 0.161 e. The second kappa shape index (κ2) is 6.84. The molecule has 2 unspecified atom stereocenters. The lowest BCUT2D eigenvalue weighted by atomic mass is 9.94. The van der Waals surface area contributed by atoms with Crippen molar-refractivity contribution in [1.29, 1.82) is 0 Å². The van der Waals surface area contributed by atoms with E-state index in [-0.39, 0.29) is 6.04 Å². The summed E-state index contributed by atoms with van der Waals surface area (Å²) in [4.78, 5) is 4.30. The van der Waals surface area contributed by atoms with E-state index in [1.165, 1.54) is 5.56 Å². The smallest absolute Gasteiger partial charge is 0.161 e. The Balaban J connectivity index is 1.41. The van der Waals surface area contributed by atoms with Gasteiger partial charge in [-0.05, 0) is 17.7 Å². The van der Waals surface area contributed by atoms with Crippen molar-refractivity contribution < 1.29 is 9.47 Å². The highest BCUT2D eigenvalue weighted by molar-refractivity contribution is 7.09. The molecule has 1 saturated heterocycles. The number of thiazole rings is 1. The minimum absolute atomic E-state index is 0.259. The number of nitrogens with zero attached hydrogens (tertiary/aromatic N) is 1. The van der Waals surface area contributed by atoms with Crippen LogP contribution in [0.4, 0.5) is 0 Å². The maximum atomic E-state index is 5.69. The quantitative estimate of drug-likeness (QED) is 0.770. The van der Waals surface area contributed by atoms with Gasteiger partial charge in [-0.15, -0.1) is 11.3 Å². The van der Waals surface area contributed by atoms with Crippen LogP contribution in [0.15, 0.2) is 29.8 Å². The second-order valence-electron chi connectivity index (χ2n) is 5.72. The van der Waals surface area contributed by atoms with Gasteiger partial charge in [0.1, 0.15) is 18.2 Å². The molecule has 2 aromatic rings. The van der Waals surface area contributed by atoms with Crippen LogP contribution in [0.2, 0.25) is 0 Å². The fraction of sp³-hybridized carbons (Fsp3) is 0.438. The molecule has 122 valence electrons. The van der Waals surface area contributed by atoms with Crippen LogP contribution in [0.1, 0.15) is 16.6 Å². The molecule has 0 aliphatic carbocycles. The molecule has 1 aromatic carbocycles. The van der Waals surface area contributed by atoms with Crippen LogP contribution >= 0.6 is 11.3 Å². The van der Waals surface area contributed by atoms with Crippen LogP contribution in [-0.4, -0.2) is 31.3 Å². The zero-order chi connectivity index (χ0) is 15.5. The summed E-state index contributed by atoms with van der Waals surface area (Å²) in [7, 11) is 0. The third-order valence-electron chi connectivity index (χ3n) is 4.18. The molecular weight excluding hydrogens is 312 g/mol. The Kier molecular flexibility index (Phi) is 4.43. The van der Waals surface area contributed by atoms with Crippen LogP contribution < -0.4 is 25.6 Å². The van der Waals surface area contributed by atoms with Gasteiger partial charge in [0.05, 0.1) is 6.04 Å². The van der Waals surface area contributed by atoms with Crippen LogP contribution in [0.5, 0.6) is 11.5 Å². The van der Waals surface area contributed by atoms with Crippen molar-refractivity contribution >= 4 is 11.3 Å². The van der Waals surface area contributed by atoms with Gasteiger partial charge < -0.3 is 14.8 Å². The topological polar surface area (TPSA) is 67.4 Å². The number of benzene rings is 1. The van der Waals surface area contributed by atoms with E-state index in [1.807, 2.05) is 17.6 Å². The SMILES string of the molecule is c1csc(CNCC2CNNC2c2ccc3c(c2)OCCO3)n1. The van der Waals surface area contributed by atoms with E-state index in [0.29, 0.717) is 19.1 Å². The normalized spacial score (nSPS) is 23.1. The highest BCUT2D eigenvalue weighted by atomic mass is 32.1. The van der Waals surface area contributed by atoms with Crippen molar-refractivity contribution in [1.82, 2.24) is 21.2 Å². The van der Waals surface area contributed by atoms with E-state index >= 15 is 0 Å². The van der Waals surface area contributed by atoms with E-state index in [4.69, 9.17) is 9.47 Å². The van der Waals surface area contributed by atoms with Crippen molar-refractivity contribution in [2.24, 2.45) is 5.92 Å². The molecule has 3 heterocycles. The molecule has 23 heavy (non-hydrogen) atoms. The number of hydrazine groups is 1. The zero-order valence-electron chi connectivity index (χ0n) is 12.7. The fourth-order valence-electron chi connectivity index (χ4n) is 3.04. The fourth-order valence-corrected chi connectivity index (χ4v) is 3.63. The molecule has 1 aromatic heterocycles. The van der Waals surface area contributed by atoms with Crippen LogP contribution in [0.25, 0.3) is 0 Å². The standard InChI is InChI=1S/C16H20N4O2S/c1-2-13-14(22-5-4-21-13)7-11(1)16-12(9-19-20-16)8-17-10-15-18-3-6-23-15/h1-3,6-7,12,16-17,19-20H,4-5,8-10H2. The summed E-state index contributed by atoms with van der Waals surface area (Å²) in [6, 6.07) is 6.47. The van der Waals surface area contributed by atoms with Gasteiger partial charge in [0.15, 0.2) is 11.5 Å². The Morgan fingerprint density at radius 3 is 3.04 bits per heavy atom. The van der Waals surface area contributed by atoms with Crippen molar-refractivity contribution in [3.63, 3.8) is 0 Å². The van der Waals surface area contributed by atoms with Gasteiger partial charge in [0.2, 0.25) is 0 Å². The van der Waals surface area contributed by atoms with Gasteiger partial charge in [-0.3, -0.25) is 5.43 Å². The van der Waals surface area contributed by atoms with E-state index in [2.05, 4.69) is 33.3 Å². The highest BCUT2D eigenvalue weighted by Crippen LogP contribution is 2.35. The minimum Gasteiger partial charge on any atom is -0.486 e. The largest absolute Gasteiger partial charge is 0.486 e. The summed E-state index contributed by atoms with van der Waals surface area (Å²) in [5.74, 6) is 2.15. The molecule has 2 atom stereocenters. The molecule has 2 aliphatic rings. The van der Waals surface area contributed by atoms with Crippen LogP contribution in [-0.2, 0) is 6.54 Å². The first-order valence-electron chi connectivity index (χ1n) is 7.87. The van der Waals surface area contributed by atoms with Gasteiger partial charge in [0.25, 0.3) is 0 Å². The summed E-state index contributed by atoms with van der Waals surface area (Å²) < 4.78 is 11.3. The van der Waals surface area contributed by atoms with Crippen LogP contribution in [0.3, 0.4) is 0 Å². The first kappa shape index (κ1) is 14.9. The van der Waals surface area contributed by atoms with Gasteiger partial charge in [-0.1, -0.05) is 6.07 Å². The lowest BCUT2D eigenvalue weighted by molar-refractivity contribution is 0.171. The third-order valence-corrected chi connectivity index (χ3v) is 4.96. The molecule has 2 aliphatic heterocycles. The predicted octanol–water partition coefficient (Wildman–Crippen LogP) is 1.47. The summed E-state index contributed by atoms with van der Waals surface area (Å²) in [5, 5.41) is 6.64. The molecule has 0 bridgehead atoms. The molecule has 0 spiro atoms. The van der Waals surface area contributed by atoms with Crippen molar-refractivity contribution in [3.05, 3.63) is 40.3 Å². The number of nitrogens with one attached hydrogen (secondary N) is 3. The Hall–Kier alpha value is -1.67. The molecule has 4 rings (SSSR count). The van der Waals surface area contributed by atoms with Crippen molar-refractivity contribution in [2.75, 3.05) is 26.3 Å². The van der Waals surface area contributed by atoms with Crippen molar-refractivity contribution in [3.8, 4) is 11.5 Å². The Bertz CT molecular complexity index is 650. The van der Waals surface area contributed by atoms with Crippen molar-refractivity contribution in [2.45, 2.75) is 12.6 Å². The first-order valence-corrected chi connectivity index (χ1v) is 8.75. The van der Waals surface area contributed by atoms with E-state index in [1.54, 1.807) is 11.3 Å². The van der Waals surface area contributed by atoms with Gasteiger partial charge >= 0.3 is 0 Å². The lowest BCUT2D eigenvalue weighted by Gasteiger charge is -2.23. The number of rotatable bonds is 5. The van der Waals surface area contributed by atoms with Gasteiger partial charge in [-0.2, -0.15) is 0 Å². The number of aromatic nitrogens is 1. The Morgan fingerprint density at radius 1 is 1.26 bits per heavy atom. The average Bonchev–Trinajstić information content (AvgIpc) is 3.26. The molecule has 6 nitrogen and oxygen atoms in total. The molecular formula is C16H20N4O2S. The average molecular weight is 332 g/mol. The second-order valence-corrected chi connectivity index (χ2v) is 6.70. The molecule has 0 saturated carbocycles. The molecule has 0 radical (unpaired) electrons. The lowest BCUT2D eigenvalue weighted by Crippen LogP contribution is -2.28. The Labute approximate surface area is 139 Å². The summed E-state index contributed by atoms with van der Waals surface area (Å²) in [6.45, 7) is 3.93. The van der Waals surface area contributed by atoms with Crippen LogP contribution in [0, 0.1) is 5.92 Å². The van der Waals surface area contributed by atoms with E-state index < -0.39 is 0 Å². The maximum absolute atomic E-state index is 5.69. The van der Waals surface area contributed by atoms with Gasteiger partial charge in [-0.25, -0.2) is 10.4 Å². The first-order chi connectivity index (χ1) is 11.4. The predicted molar refractivity (Wildman–Crippen MR) is 88.6 cm³/mol.